The molecule has 0 aliphatic heterocycles. The smallest absolute Gasteiger partial charge is 0.0548 e. The van der Waals surface area contributed by atoms with Gasteiger partial charge in [-0.15, -0.1) is 0 Å². The Morgan fingerprint density at radius 1 is 0.714 bits per heavy atom. The van der Waals surface area contributed by atoms with Gasteiger partial charge in [0.1, 0.15) is 0 Å². The molecule has 2 aromatic rings. The summed E-state index contributed by atoms with van der Waals surface area (Å²) in [5.41, 5.74) is 2.32. The van der Waals surface area contributed by atoms with E-state index in [-0.39, 0.29) is 5.54 Å². The van der Waals surface area contributed by atoms with Crippen LogP contribution in [0.5, 0.6) is 0 Å². The summed E-state index contributed by atoms with van der Waals surface area (Å²) in [6.45, 7) is 2.21. The Bertz CT molecular complexity index is 545. The number of hydrogen-bond donors (Lipinski definition) is 0. The summed E-state index contributed by atoms with van der Waals surface area (Å²) < 4.78 is 0. The molecular weight excluding hydrogens is 254 g/mol. The lowest BCUT2D eigenvalue weighted by Gasteiger charge is -2.30. The molecule has 1 heteroatoms. The number of rotatable bonds is 5. The van der Waals surface area contributed by atoms with E-state index in [0.29, 0.717) is 0 Å². The topological polar surface area (TPSA) is 3.24 Å². The molecule has 0 aliphatic carbocycles. The molecule has 0 aliphatic rings. The SMILES string of the molecule is CN(C)C(C)(C=Cc1ccccc1)C=Cc1ccccc1. The van der Waals surface area contributed by atoms with Crippen molar-refractivity contribution in [3.05, 3.63) is 83.9 Å². The van der Waals surface area contributed by atoms with Crippen LogP contribution in [0.1, 0.15) is 18.1 Å². The van der Waals surface area contributed by atoms with Crippen LogP contribution in [0.2, 0.25) is 0 Å². The summed E-state index contributed by atoms with van der Waals surface area (Å²) in [5.74, 6) is 0. The van der Waals surface area contributed by atoms with E-state index in [2.05, 4.69) is 98.8 Å². The van der Waals surface area contributed by atoms with Crippen molar-refractivity contribution >= 4 is 12.2 Å². The molecule has 2 rings (SSSR count). The molecule has 2 aromatic carbocycles. The number of likely N-dealkylation sites (N-methyl/N-ethyl adjacent to an activating group) is 1. The van der Waals surface area contributed by atoms with Gasteiger partial charge in [-0.1, -0.05) is 85.0 Å². The van der Waals surface area contributed by atoms with E-state index in [1.807, 2.05) is 12.1 Å². The van der Waals surface area contributed by atoms with Crippen molar-refractivity contribution in [1.82, 2.24) is 4.90 Å². The van der Waals surface area contributed by atoms with E-state index in [9.17, 15) is 0 Å². The predicted octanol–water partition coefficient (Wildman–Crippen LogP) is 4.73. The molecule has 0 radical (unpaired) electrons. The summed E-state index contributed by atoms with van der Waals surface area (Å²) in [4.78, 5) is 2.21. The van der Waals surface area contributed by atoms with Gasteiger partial charge in [0.05, 0.1) is 5.54 Å². The van der Waals surface area contributed by atoms with Crippen LogP contribution in [-0.2, 0) is 0 Å². The minimum atomic E-state index is -0.119. The van der Waals surface area contributed by atoms with Crippen molar-refractivity contribution < 1.29 is 0 Å². The van der Waals surface area contributed by atoms with Crippen molar-refractivity contribution in [2.24, 2.45) is 0 Å². The Morgan fingerprint density at radius 3 is 1.43 bits per heavy atom. The summed E-state index contributed by atoms with van der Waals surface area (Å²) in [6, 6.07) is 20.8. The third kappa shape index (κ3) is 4.44. The molecular formula is C20H23N. The fourth-order valence-corrected chi connectivity index (χ4v) is 2.01. The highest BCUT2D eigenvalue weighted by atomic mass is 15.1. The van der Waals surface area contributed by atoms with E-state index < -0.39 is 0 Å². The Morgan fingerprint density at radius 2 is 1.10 bits per heavy atom. The zero-order valence-electron chi connectivity index (χ0n) is 13.0. The first kappa shape index (κ1) is 15.3. The van der Waals surface area contributed by atoms with Crippen LogP contribution in [0, 0.1) is 0 Å². The average molecular weight is 277 g/mol. The van der Waals surface area contributed by atoms with Gasteiger partial charge in [0.25, 0.3) is 0 Å². The van der Waals surface area contributed by atoms with Gasteiger partial charge in [-0.2, -0.15) is 0 Å². The lowest BCUT2D eigenvalue weighted by Crippen LogP contribution is -2.37. The fourth-order valence-electron chi connectivity index (χ4n) is 2.01. The Hall–Kier alpha value is -2.12. The maximum atomic E-state index is 2.24. The number of hydrogen-bond acceptors (Lipinski definition) is 1. The fraction of sp³-hybridized carbons (Fsp3) is 0.200. The Kier molecular flexibility index (Phi) is 5.13. The van der Waals surface area contributed by atoms with Crippen molar-refractivity contribution in [2.45, 2.75) is 12.5 Å². The van der Waals surface area contributed by atoms with Gasteiger partial charge in [0, 0.05) is 0 Å². The molecule has 0 aromatic heterocycles. The molecule has 0 atom stereocenters. The highest BCUT2D eigenvalue weighted by molar-refractivity contribution is 5.55. The molecule has 0 amide bonds. The second-order valence-corrected chi connectivity index (χ2v) is 5.61. The number of benzene rings is 2. The van der Waals surface area contributed by atoms with Crippen molar-refractivity contribution in [2.75, 3.05) is 14.1 Å². The Balaban J connectivity index is 2.21. The molecule has 0 saturated carbocycles. The molecule has 0 unspecified atom stereocenters. The summed E-state index contributed by atoms with van der Waals surface area (Å²) in [5, 5.41) is 0. The molecule has 0 bridgehead atoms. The minimum Gasteiger partial charge on any atom is -0.297 e. The second kappa shape index (κ2) is 7.05. The first-order valence-electron chi connectivity index (χ1n) is 7.26. The van der Waals surface area contributed by atoms with Gasteiger partial charge >= 0.3 is 0 Å². The maximum absolute atomic E-state index is 2.24. The second-order valence-electron chi connectivity index (χ2n) is 5.61. The monoisotopic (exact) mass is 277 g/mol. The summed E-state index contributed by atoms with van der Waals surface area (Å²) in [7, 11) is 4.20. The van der Waals surface area contributed by atoms with Crippen LogP contribution in [0.25, 0.3) is 12.2 Å². The minimum absolute atomic E-state index is 0.119. The quantitative estimate of drug-likeness (QED) is 0.763. The Labute approximate surface area is 128 Å². The first-order chi connectivity index (χ1) is 10.1. The molecule has 21 heavy (non-hydrogen) atoms. The van der Waals surface area contributed by atoms with Crippen LogP contribution < -0.4 is 0 Å². The van der Waals surface area contributed by atoms with E-state index >= 15 is 0 Å². The molecule has 0 heterocycles. The lowest BCUT2D eigenvalue weighted by molar-refractivity contribution is 0.287. The zero-order valence-corrected chi connectivity index (χ0v) is 13.0. The third-order valence-corrected chi connectivity index (χ3v) is 3.79. The van der Waals surface area contributed by atoms with Gasteiger partial charge < -0.3 is 0 Å². The summed E-state index contributed by atoms with van der Waals surface area (Å²) >= 11 is 0. The van der Waals surface area contributed by atoms with Crippen LogP contribution >= 0.6 is 0 Å². The molecule has 1 nitrogen and oxygen atoms in total. The molecule has 108 valence electrons. The molecule has 0 fully saturated rings. The van der Waals surface area contributed by atoms with Gasteiger partial charge in [-0.05, 0) is 32.1 Å². The van der Waals surface area contributed by atoms with Crippen LogP contribution in [0.15, 0.2) is 72.8 Å². The van der Waals surface area contributed by atoms with Gasteiger partial charge in [-0.3, -0.25) is 4.90 Å². The largest absolute Gasteiger partial charge is 0.297 e. The highest BCUT2D eigenvalue weighted by Crippen LogP contribution is 2.19. The van der Waals surface area contributed by atoms with Gasteiger partial charge in [-0.25, -0.2) is 0 Å². The zero-order chi connectivity index (χ0) is 15.1. The van der Waals surface area contributed by atoms with Gasteiger partial charge in [0.15, 0.2) is 0 Å². The molecule has 0 N–H and O–H groups in total. The van der Waals surface area contributed by atoms with Gasteiger partial charge in [0.2, 0.25) is 0 Å². The third-order valence-electron chi connectivity index (χ3n) is 3.79. The summed E-state index contributed by atoms with van der Waals surface area (Å²) in [6.07, 6.45) is 8.83. The lowest BCUT2D eigenvalue weighted by atomic mass is 9.97. The first-order valence-corrected chi connectivity index (χ1v) is 7.26. The van der Waals surface area contributed by atoms with Crippen molar-refractivity contribution in [1.29, 1.82) is 0 Å². The van der Waals surface area contributed by atoms with E-state index in [1.165, 1.54) is 11.1 Å². The highest BCUT2D eigenvalue weighted by Gasteiger charge is 2.19. The van der Waals surface area contributed by atoms with Crippen LogP contribution in [0.3, 0.4) is 0 Å². The predicted molar refractivity (Wildman–Crippen MR) is 93.0 cm³/mol. The average Bonchev–Trinajstić information content (AvgIpc) is 2.53. The standard InChI is InChI=1S/C20H23N/c1-20(21(2)3,16-14-18-10-6-4-7-11-18)17-15-19-12-8-5-9-13-19/h4-17H,1-3H3. The van der Waals surface area contributed by atoms with E-state index in [0.717, 1.165) is 0 Å². The van der Waals surface area contributed by atoms with Crippen LogP contribution in [0.4, 0.5) is 0 Å². The van der Waals surface area contributed by atoms with E-state index in [4.69, 9.17) is 0 Å². The molecule has 0 saturated heterocycles. The van der Waals surface area contributed by atoms with Crippen LogP contribution in [-0.4, -0.2) is 24.5 Å². The molecule has 0 spiro atoms. The normalized spacial score (nSPS) is 14.9. The maximum Gasteiger partial charge on any atom is 0.0548 e. The van der Waals surface area contributed by atoms with E-state index in [1.54, 1.807) is 0 Å². The number of nitrogens with zero attached hydrogens (tertiary/aromatic N) is 1. The van der Waals surface area contributed by atoms with Crippen molar-refractivity contribution in [3.63, 3.8) is 0 Å². The van der Waals surface area contributed by atoms with Crippen molar-refractivity contribution in [3.8, 4) is 0 Å².